The zero-order valence-electron chi connectivity index (χ0n) is 13.9. The molecular weight excluding hydrogens is 266 g/mol. The maximum atomic E-state index is 12.1. The summed E-state index contributed by atoms with van der Waals surface area (Å²) >= 11 is 0. The van der Waals surface area contributed by atoms with E-state index >= 15 is 0 Å². The number of nitrogens with zero attached hydrogens (tertiary/aromatic N) is 1. The van der Waals surface area contributed by atoms with Gasteiger partial charge in [0.2, 0.25) is 11.8 Å². The number of primary amides is 1. The lowest BCUT2D eigenvalue weighted by Crippen LogP contribution is -2.55. The van der Waals surface area contributed by atoms with Crippen molar-refractivity contribution in [2.75, 3.05) is 13.1 Å². The summed E-state index contributed by atoms with van der Waals surface area (Å²) in [5.41, 5.74) is 5.49. The number of hydrogen-bond acceptors (Lipinski definition) is 3. The van der Waals surface area contributed by atoms with Gasteiger partial charge in [-0.2, -0.15) is 0 Å². The summed E-state index contributed by atoms with van der Waals surface area (Å²) in [6.45, 7) is 9.63. The summed E-state index contributed by atoms with van der Waals surface area (Å²) in [7, 11) is 0. The van der Waals surface area contributed by atoms with Crippen LogP contribution in [0.3, 0.4) is 0 Å². The van der Waals surface area contributed by atoms with Crippen LogP contribution >= 0.6 is 0 Å². The van der Waals surface area contributed by atoms with Crippen LogP contribution in [0, 0.1) is 11.8 Å². The van der Waals surface area contributed by atoms with Gasteiger partial charge in [-0.15, -0.1) is 0 Å². The second-order valence-electron chi connectivity index (χ2n) is 6.58. The number of piperidine rings is 1. The Hall–Kier alpha value is -1.10. The fourth-order valence-electron chi connectivity index (χ4n) is 2.93. The minimum atomic E-state index is -0.267. The Labute approximate surface area is 128 Å². The Morgan fingerprint density at radius 3 is 2.52 bits per heavy atom. The van der Waals surface area contributed by atoms with Gasteiger partial charge in [-0.05, 0) is 18.8 Å². The lowest BCUT2D eigenvalue weighted by atomic mass is 9.91. The van der Waals surface area contributed by atoms with E-state index in [9.17, 15) is 9.59 Å². The van der Waals surface area contributed by atoms with Gasteiger partial charge in [0.15, 0.2) is 0 Å². The molecule has 0 aromatic heterocycles. The topological polar surface area (TPSA) is 75.4 Å². The molecule has 1 heterocycles. The summed E-state index contributed by atoms with van der Waals surface area (Å²) in [5.74, 6) is 0.337. The van der Waals surface area contributed by atoms with Crippen LogP contribution in [0.4, 0.5) is 0 Å². The summed E-state index contributed by atoms with van der Waals surface area (Å²) < 4.78 is 0. The van der Waals surface area contributed by atoms with Gasteiger partial charge >= 0.3 is 0 Å². The summed E-state index contributed by atoms with van der Waals surface area (Å²) in [6.07, 6.45) is 3.74. The number of amides is 2. The van der Waals surface area contributed by atoms with Gasteiger partial charge in [-0.1, -0.05) is 40.5 Å². The van der Waals surface area contributed by atoms with Crippen molar-refractivity contribution in [2.45, 2.75) is 65.5 Å². The van der Waals surface area contributed by atoms with Crippen molar-refractivity contribution in [1.82, 2.24) is 10.2 Å². The van der Waals surface area contributed by atoms with Gasteiger partial charge in [0, 0.05) is 25.0 Å². The number of nitrogens with one attached hydrogen (secondary N) is 1. The first kappa shape index (κ1) is 18.0. The highest BCUT2D eigenvalue weighted by molar-refractivity contribution is 5.80. The molecule has 0 aliphatic carbocycles. The first-order valence-electron chi connectivity index (χ1n) is 8.20. The predicted octanol–water partition coefficient (Wildman–Crippen LogP) is 1.51. The van der Waals surface area contributed by atoms with Crippen LogP contribution in [0.1, 0.15) is 53.4 Å². The number of nitrogens with two attached hydrogens (primary N) is 1. The second-order valence-corrected chi connectivity index (χ2v) is 6.58. The molecule has 0 radical (unpaired) electrons. The Bertz CT molecular complexity index is 357. The largest absolute Gasteiger partial charge is 0.368 e. The van der Waals surface area contributed by atoms with Crippen molar-refractivity contribution in [3.63, 3.8) is 0 Å². The standard InChI is InChI=1S/C16H31N3O2/c1-5-6-7-14(15(17)20)18-13-8-9-19(10-12(13)4)16(21)11(2)3/h11-14,18H,5-10H2,1-4H3,(H2,17,20)/t12-,13+,14+/m1/s1. The average molecular weight is 297 g/mol. The van der Waals surface area contributed by atoms with Crippen molar-refractivity contribution >= 4 is 11.8 Å². The van der Waals surface area contributed by atoms with Crippen LogP contribution < -0.4 is 11.1 Å². The van der Waals surface area contributed by atoms with E-state index in [4.69, 9.17) is 5.73 Å². The molecule has 21 heavy (non-hydrogen) atoms. The molecule has 1 saturated heterocycles. The monoisotopic (exact) mass is 297 g/mol. The molecule has 0 spiro atoms. The molecule has 122 valence electrons. The molecule has 3 N–H and O–H groups in total. The quantitative estimate of drug-likeness (QED) is 0.748. The van der Waals surface area contributed by atoms with E-state index in [0.717, 1.165) is 38.8 Å². The van der Waals surface area contributed by atoms with Crippen LogP contribution in [0.15, 0.2) is 0 Å². The molecule has 0 saturated carbocycles. The lowest BCUT2D eigenvalue weighted by molar-refractivity contribution is -0.136. The van der Waals surface area contributed by atoms with Crippen molar-refractivity contribution in [3.8, 4) is 0 Å². The SMILES string of the molecule is CCCC[C@H](N[C@H]1CCN(C(=O)C(C)C)C[C@H]1C)C(N)=O. The Kier molecular flexibility index (Phi) is 7.15. The Balaban J connectivity index is 2.54. The fraction of sp³-hybridized carbons (Fsp3) is 0.875. The zero-order valence-corrected chi connectivity index (χ0v) is 13.9. The predicted molar refractivity (Wildman–Crippen MR) is 84.6 cm³/mol. The maximum Gasteiger partial charge on any atom is 0.234 e. The minimum absolute atomic E-state index is 0.0460. The van der Waals surface area contributed by atoms with E-state index in [-0.39, 0.29) is 29.8 Å². The van der Waals surface area contributed by atoms with E-state index < -0.39 is 0 Å². The van der Waals surface area contributed by atoms with Gasteiger partial charge in [0.25, 0.3) is 0 Å². The van der Waals surface area contributed by atoms with Crippen LogP contribution in [-0.2, 0) is 9.59 Å². The number of likely N-dealkylation sites (tertiary alicyclic amines) is 1. The number of carbonyl (C=O) groups is 2. The molecule has 1 fully saturated rings. The molecule has 3 atom stereocenters. The summed E-state index contributed by atoms with van der Waals surface area (Å²) in [5, 5.41) is 3.42. The smallest absolute Gasteiger partial charge is 0.234 e. The Morgan fingerprint density at radius 2 is 2.05 bits per heavy atom. The van der Waals surface area contributed by atoms with Gasteiger partial charge in [-0.25, -0.2) is 0 Å². The molecule has 1 rings (SSSR count). The maximum absolute atomic E-state index is 12.1. The molecule has 0 bridgehead atoms. The molecular formula is C16H31N3O2. The highest BCUT2D eigenvalue weighted by atomic mass is 16.2. The van der Waals surface area contributed by atoms with Gasteiger partial charge in [0.1, 0.15) is 0 Å². The molecule has 1 aliphatic rings. The number of hydrogen-bond donors (Lipinski definition) is 2. The van der Waals surface area contributed by atoms with Crippen LogP contribution in [-0.4, -0.2) is 41.9 Å². The second kappa shape index (κ2) is 8.37. The fourth-order valence-corrected chi connectivity index (χ4v) is 2.93. The van der Waals surface area contributed by atoms with E-state index in [1.165, 1.54) is 0 Å². The zero-order chi connectivity index (χ0) is 16.0. The third-order valence-electron chi connectivity index (χ3n) is 4.32. The highest BCUT2D eigenvalue weighted by Crippen LogP contribution is 2.19. The van der Waals surface area contributed by atoms with Gasteiger partial charge < -0.3 is 16.0 Å². The van der Waals surface area contributed by atoms with Gasteiger partial charge in [-0.3, -0.25) is 9.59 Å². The highest BCUT2D eigenvalue weighted by Gasteiger charge is 2.31. The van der Waals surface area contributed by atoms with Gasteiger partial charge in [0.05, 0.1) is 6.04 Å². The lowest BCUT2D eigenvalue weighted by Gasteiger charge is -2.39. The van der Waals surface area contributed by atoms with Crippen molar-refractivity contribution < 1.29 is 9.59 Å². The summed E-state index contributed by atoms with van der Waals surface area (Å²) in [6, 6.07) is 0.0142. The molecule has 0 unspecified atom stereocenters. The van der Waals surface area contributed by atoms with E-state index in [1.807, 2.05) is 18.7 Å². The molecule has 1 aliphatic heterocycles. The molecule has 5 heteroatoms. The van der Waals surface area contributed by atoms with Crippen LogP contribution in [0.2, 0.25) is 0 Å². The third kappa shape index (κ3) is 5.30. The first-order valence-corrected chi connectivity index (χ1v) is 8.20. The normalized spacial score (nSPS) is 24.1. The summed E-state index contributed by atoms with van der Waals surface area (Å²) in [4.78, 5) is 25.5. The average Bonchev–Trinajstić information content (AvgIpc) is 2.43. The van der Waals surface area contributed by atoms with E-state index in [2.05, 4.69) is 19.2 Å². The molecule has 0 aromatic rings. The first-order chi connectivity index (χ1) is 9.86. The minimum Gasteiger partial charge on any atom is -0.368 e. The van der Waals surface area contributed by atoms with Crippen molar-refractivity contribution in [3.05, 3.63) is 0 Å². The van der Waals surface area contributed by atoms with Crippen molar-refractivity contribution in [1.29, 1.82) is 0 Å². The molecule has 0 aromatic carbocycles. The number of rotatable bonds is 7. The number of unbranched alkanes of at least 4 members (excludes halogenated alkanes) is 1. The number of carbonyl (C=O) groups excluding carboxylic acids is 2. The van der Waals surface area contributed by atoms with Crippen LogP contribution in [0.5, 0.6) is 0 Å². The molecule has 2 amide bonds. The van der Waals surface area contributed by atoms with E-state index in [1.54, 1.807) is 0 Å². The van der Waals surface area contributed by atoms with Crippen molar-refractivity contribution in [2.24, 2.45) is 17.6 Å². The third-order valence-corrected chi connectivity index (χ3v) is 4.32. The Morgan fingerprint density at radius 1 is 1.38 bits per heavy atom. The van der Waals surface area contributed by atoms with E-state index in [0.29, 0.717) is 5.92 Å². The van der Waals surface area contributed by atoms with Crippen LogP contribution in [0.25, 0.3) is 0 Å². The molecule has 5 nitrogen and oxygen atoms in total.